The van der Waals surface area contributed by atoms with Crippen LogP contribution in [0.25, 0.3) is 11.2 Å². The largest absolute Gasteiger partial charge is 0.354 e. The number of hydrogen-bond donors (Lipinski definition) is 2. The first-order chi connectivity index (χ1) is 11.4. The van der Waals surface area contributed by atoms with E-state index in [0.29, 0.717) is 12.4 Å². The summed E-state index contributed by atoms with van der Waals surface area (Å²) in [5, 5.41) is 2.85. The van der Waals surface area contributed by atoms with Gasteiger partial charge in [-0.2, -0.15) is 0 Å². The van der Waals surface area contributed by atoms with Crippen molar-refractivity contribution in [1.29, 1.82) is 0 Å². The number of H-pyrrole nitrogens is 1. The Morgan fingerprint density at radius 1 is 1.21 bits per heavy atom. The Kier molecular flexibility index (Phi) is 5.55. The van der Waals surface area contributed by atoms with Gasteiger partial charge in [-0.25, -0.2) is 9.78 Å². The zero-order valence-corrected chi connectivity index (χ0v) is 14.5. The summed E-state index contributed by atoms with van der Waals surface area (Å²) in [5.74, 6) is 0.277. The number of fused-ring (bicyclic) bond motifs is 1. The molecule has 9 nitrogen and oxygen atoms in total. The molecule has 2 aromatic heterocycles. The van der Waals surface area contributed by atoms with E-state index in [2.05, 4.69) is 34.0 Å². The fourth-order valence-corrected chi connectivity index (χ4v) is 2.61. The normalized spacial score (nSPS) is 11.4. The van der Waals surface area contributed by atoms with Gasteiger partial charge in [-0.05, 0) is 13.1 Å². The van der Waals surface area contributed by atoms with E-state index in [-0.39, 0.29) is 23.5 Å². The van der Waals surface area contributed by atoms with E-state index in [1.807, 2.05) is 0 Å². The molecule has 0 aromatic carbocycles. The topological polar surface area (TPSA) is 105 Å². The fraction of sp³-hybridized carbons (Fsp3) is 0.600. The van der Waals surface area contributed by atoms with Gasteiger partial charge in [-0.15, -0.1) is 0 Å². The number of aromatic nitrogens is 4. The Hall–Kier alpha value is -2.42. The van der Waals surface area contributed by atoms with Crippen molar-refractivity contribution in [2.24, 2.45) is 14.1 Å². The molecule has 0 saturated carbocycles. The van der Waals surface area contributed by atoms with Gasteiger partial charge in [-0.3, -0.25) is 19.1 Å². The second-order valence-electron chi connectivity index (χ2n) is 5.63. The minimum atomic E-state index is -0.527. The summed E-state index contributed by atoms with van der Waals surface area (Å²) in [6, 6.07) is 0. The summed E-state index contributed by atoms with van der Waals surface area (Å²) < 4.78 is 2.82. The lowest BCUT2D eigenvalue weighted by Crippen LogP contribution is -2.35. The lowest BCUT2D eigenvalue weighted by atomic mass is 10.3. The highest BCUT2D eigenvalue weighted by Crippen LogP contribution is 2.08. The molecule has 0 fully saturated rings. The molecule has 9 heteroatoms. The van der Waals surface area contributed by atoms with Crippen molar-refractivity contribution < 1.29 is 4.79 Å². The molecule has 1 amide bonds. The van der Waals surface area contributed by atoms with Crippen LogP contribution >= 0.6 is 0 Å². The van der Waals surface area contributed by atoms with Crippen molar-refractivity contribution in [2.75, 3.05) is 26.2 Å². The van der Waals surface area contributed by atoms with Crippen LogP contribution in [0, 0.1) is 0 Å². The predicted octanol–water partition coefficient (Wildman–Crippen LogP) is -1.04. The van der Waals surface area contributed by atoms with Crippen LogP contribution in [-0.2, 0) is 25.3 Å². The molecule has 2 N–H and O–H groups in total. The maximum absolute atomic E-state index is 12.1. The second-order valence-corrected chi connectivity index (χ2v) is 5.63. The van der Waals surface area contributed by atoms with Crippen LogP contribution in [0.3, 0.4) is 0 Å². The van der Waals surface area contributed by atoms with Crippen LogP contribution in [0.4, 0.5) is 0 Å². The molecule has 0 saturated heterocycles. The van der Waals surface area contributed by atoms with Crippen molar-refractivity contribution in [2.45, 2.75) is 20.3 Å². The van der Waals surface area contributed by atoms with Crippen LogP contribution in [-0.4, -0.2) is 56.1 Å². The van der Waals surface area contributed by atoms with E-state index in [1.54, 1.807) is 11.6 Å². The zero-order chi connectivity index (χ0) is 17.9. The van der Waals surface area contributed by atoms with Crippen LogP contribution < -0.4 is 16.6 Å². The molecule has 2 aromatic rings. The quantitative estimate of drug-likeness (QED) is 0.672. The number of imidazole rings is 1. The van der Waals surface area contributed by atoms with E-state index in [9.17, 15) is 14.4 Å². The zero-order valence-electron chi connectivity index (χ0n) is 14.5. The number of carbonyl (C=O) groups excluding carboxylic acids is 1. The third kappa shape index (κ3) is 3.56. The lowest BCUT2D eigenvalue weighted by molar-refractivity contribution is -0.120. The van der Waals surface area contributed by atoms with E-state index in [1.165, 1.54) is 11.6 Å². The highest BCUT2D eigenvalue weighted by atomic mass is 16.2. The molecule has 0 aliphatic rings. The van der Waals surface area contributed by atoms with Crippen molar-refractivity contribution in [3.05, 3.63) is 26.7 Å². The number of hydrogen-bond acceptors (Lipinski definition) is 5. The standard InChI is InChI=1S/C15H24N6O3/c1-5-21(6-2)8-7-16-11(22)9-10-17-13-12(19(10)3)14(23)18-15(24)20(13)4/h5-9H2,1-4H3,(H,16,22)(H,18,23,24). The van der Waals surface area contributed by atoms with Gasteiger partial charge in [0.05, 0.1) is 6.42 Å². The number of aryl methyl sites for hydroxylation is 2. The molecule has 0 spiro atoms. The highest BCUT2D eigenvalue weighted by Gasteiger charge is 2.16. The number of nitrogens with zero attached hydrogens (tertiary/aromatic N) is 4. The molecule has 0 unspecified atom stereocenters. The smallest absolute Gasteiger partial charge is 0.329 e. The van der Waals surface area contributed by atoms with Crippen molar-refractivity contribution in [3.63, 3.8) is 0 Å². The number of nitrogens with one attached hydrogen (secondary N) is 2. The average molecular weight is 336 g/mol. The summed E-state index contributed by atoms with van der Waals surface area (Å²) in [6.07, 6.45) is 0.0526. The predicted molar refractivity (Wildman–Crippen MR) is 91.1 cm³/mol. The van der Waals surface area contributed by atoms with Crippen LogP contribution in [0.2, 0.25) is 0 Å². The first-order valence-electron chi connectivity index (χ1n) is 8.02. The van der Waals surface area contributed by atoms with E-state index < -0.39 is 11.2 Å². The molecule has 0 bridgehead atoms. The summed E-state index contributed by atoms with van der Waals surface area (Å²) in [4.78, 5) is 44.4. The molecule has 0 atom stereocenters. The molecule has 2 rings (SSSR count). The van der Waals surface area contributed by atoms with Gasteiger partial charge in [0.25, 0.3) is 5.56 Å². The third-order valence-electron chi connectivity index (χ3n) is 4.19. The molecule has 24 heavy (non-hydrogen) atoms. The molecule has 132 valence electrons. The van der Waals surface area contributed by atoms with Gasteiger partial charge in [0.15, 0.2) is 11.2 Å². The number of rotatable bonds is 7. The third-order valence-corrected chi connectivity index (χ3v) is 4.19. The monoisotopic (exact) mass is 336 g/mol. The molecule has 0 aliphatic carbocycles. The molecule has 0 aliphatic heterocycles. The number of likely N-dealkylation sites (N-methyl/N-ethyl adjacent to an activating group) is 1. The average Bonchev–Trinajstić information content (AvgIpc) is 2.87. The lowest BCUT2D eigenvalue weighted by Gasteiger charge is -2.17. The van der Waals surface area contributed by atoms with Crippen LogP contribution in [0.15, 0.2) is 9.59 Å². The van der Waals surface area contributed by atoms with Gasteiger partial charge < -0.3 is 14.8 Å². The molecule has 2 heterocycles. The minimum absolute atomic E-state index is 0.0526. The first-order valence-corrected chi connectivity index (χ1v) is 8.02. The molecular weight excluding hydrogens is 312 g/mol. The Balaban J connectivity index is 2.13. The van der Waals surface area contributed by atoms with Gasteiger partial charge in [-0.1, -0.05) is 13.8 Å². The van der Waals surface area contributed by atoms with Crippen LogP contribution in [0.5, 0.6) is 0 Å². The number of carbonyl (C=O) groups is 1. The Morgan fingerprint density at radius 2 is 1.88 bits per heavy atom. The summed E-state index contributed by atoms with van der Waals surface area (Å²) in [6.45, 7) is 7.37. The maximum atomic E-state index is 12.1. The fourth-order valence-electron chi connectivity index (χ4n) is 2.61. The molecule has 0 radical (unpaired) electrons. The van der Waals surface area contributed by atoms with Crippen molar-refractivity contribution >= 4 is 17.1 Å². The van der Waals surface area contributed by atoms with Crippen LogP contribution in [0.1, 0.15) is 19.7 Å². The summed E-state index contributed by atoms with van der Waals surface area (Å²) in [7, 11) is 3.19. The van der Waals surface area contributed by atoms with E-state index >= 15 is 0 Å². The van der Waals surface area contributed by atoms with Gasteiger partial charge in [0, 0.05) is 27.2 Å². The SMILES string of the molecule is CCN(CC)CCNC(=O)Cc1nc2c(c(=O)[nH]c(=O)n2C)n1C. The Morgan fingerprint density at radius 3 is 2.50 bits per heavy atom. The van der Waals surface area contributed by atoms with E-state index in [4.69, 9.17) is 0 Å². The first kappa shape index (κ1) is 17.9. The minimum Gasteiger partial charge on any atom is -0.354 e. The maximum Gasteiger partial charge on any atom is 0.329 e. The van der Waals surface area contributed by atoms with Crippen molar-refractivity contribution in [1.82, 2.24) is 29.3 Å². The summed E-state index contributed by atoms with van der Waals surface area (Å²) in [5.41, 5.74) is -0.475. The second kappa shape index (κ2) is 7.43. The highest BCUT2D eigenvalue weighted by molar-refractivity contribution is 5.79. The van der Waals surface area contributed by atoms with Gasteiger partial charge in [0.1, 0.15) is 5.82 Å². The number of aromatic amines is 1. The molecular formula is C15H24N6O3. The Bertz CT molecular complexity index is 843. The van der Waals surface area contributed by atoms with Gasteiger partial charge in [0.2, 0.25) is 5.91 Å². The van der Waals surface area contributed by atoms with Crippen molar-refractivity contribution in [3.8, 4) is 0 Å². The van der Waals surface area contributed by atoms with Gasteiger partial charge >= 0.3 is 5.69 Å². The summed E-state index contributed by atoms with van der Waals surface area (Å²) >= 11 is 0. The Labute approximate surface area is 139 Å². The van der Waals surface area contributed by atoms with E-state index in [0.717, 1.165) is 19.6 Å². The number of amides is 1.